The monoisotopic (exact) mass is 405 g/mol. The SMILES string of the molecule is COc1cc(Cc2nc(-c3ccncc3)nn3c(C)nc(C)c23)cc(OC)c1OC. The highest BCUT2D eigenvalue weighted by Gasteiger charge is 2.18. The van der Waals surface area contributed by atoms with E-state index < -0.39 is 0 Å². The van der Waals surface area contributed by atoms with Crippen LogP contribution < -0.4 is 14.2 Å². The van der Waals surface area contributed by atoms with Crippen molar-refractivity contribution in [1.29, 1.82) is 0 Å². The van der Waals surface area contributed by atoms with Crippen LogP contribution >= 0.6 is 0 Å². The molecule has 0 radical (unpaired) electrons. The van der Waals surface area contributed by atoms with Crippen LogP contribution in [-0.4, -0.2) is 45.9 Å². The minimum absolute atomic E-state index is 0.548. The fraction of sp³-hybridized carbons (Fsp3) is 0.273. The van der Waals surface area contributed by atoms with E-state index in [1.807, 2.05) is 42.6 Å². The first-order chi connectivity index (χ1) is 14.5. The number of benzene rings is 1. The summed E-state index contributed by atoms with van der Waals surface area (Å²) in [4.78, 5) is 13.6. The van der Waals surface area contributed by atoms with Crippen molar-refractivity contribution < 1.29 is 14.2 Å². The summed E-state index contributed by atoms with van der Waals surface area (Å²) in [7, 11) is 4.80. The van der Waals surface area contributed by atoms with E-state index >= 15 is 0 Å². The zero-order valence-corrected chi connectivity index (χ0v) is 17.6. The minimum Gasteiger partial charge on any atom is -0.493 e. The zero-order valence-electron chi connectivity index (χ0n) is 17.6. The van der Waals surface area contributed by atoms with Gasteiger partial charge in [0.15, 0.2) is 17.3 Å². The summed E-state index contributed by atoms with van der Waals surface area (Å²) in [6, 6.07) is 7.66. The molecule has 30 heavy (non-hydrogen) atoms. The molecule has 0 spiro atoms. The number of hydrogen-bond acceptors (Lipinski definition) is 7. The zero-order chi connectivity index (χ0) is 21.3. The average Bonchev–Trinajstić information content (AvgIpc) is 3.07. The highest BCUT2D eigenvalue weighted by atomic mass is 16.5. The van der Waals surface area contributed by atoms with E-state index in [4.69, 9.17) is 24.3 Å². The van der Waals surface area contributed by atoms with Crippen LogP contribution in [-0.2, 0) is 6.42 Å². The summed E-state index contributed by atoms with van der Waals surface area (Å²) in [6.07, 6.45) is 4.01. The largest absolute Gasteiger partial charge is 0.493 e. The molecule has 0 aliphatic rings. The number of aryl methyl sites for hydroxylation is 2. The number of hydrogen-bond donors (Lipinski definition) is 0. The van der Waals surface area contributed by atoms with Gasteiger partial charge < -0.3 is 14.2 Å². The summed E-state index contributed by atoms with van der Waals surface area (Å²) < 4.78 is 18.3. The van der Waals surface area contributed by atoms with Gasteiger partial charge in [-0.3, -0.25) is 4.98 Å². The second-order valence-corrected chi connectivity index (χ2v) is 6.83. The fourth-order valence-electron chi connectivity index (χ4n) is 3.59. The lowest BCUT2D eigenvalue weighted by Gasteiger charge is -2.14. The molecular weight excluding hydrogens is 382 g/mol. The van der Waals surface area contributed by atoms with Gasteiger partial charge in [0.1, 0.15) is 11.3 Å². The van der Waals surface area contributed by atoms with Crippen molar-refractivity contribution in [2.45, 2.75) is 20.3 Å². The molecule has 1 aromatic carbocycles. The first kappa shape index (κ1) is 19.6. The first-order valence-electron chi connectivity index (χ1n) is 9.47. The number of fused-ring (bicyclic) bond motifs is 1. The van der Waals surface area contributed by atoms with Crippen LogP contribution in [0, 0.1) is 13.8 Å². The van der Waals surface area contributed by atoms with E-state index in [-0.39, 0.29) is 0 Å². The molecule has 0 saturated heterocycles. The number of ether oxygens (including phenoxy) is 3. The van der Waals surface area contributed by atoms with Gasteiger partial charge in [-0.2, -0.15) is 0 Å². The van der Waals surface area contributed by atoms with E-state index in [1.165, 1.54) is 0 Å². The maximum atomic E-state index is 5.50. The number of methoxy groups -OCH3 is 3. The molecule has 0 bridgehead atoms. The summed E-state index contributed by atoms with van der Waals surface area (Å²) in [5.74, 6) is 3.20. The highest BCUT2D eigenvalue weighted by molar-refractivity contribution is 5.63. The third kappa shape index (κ3) is 3.41. The maximum Gasteiger partial charge on any atom is 0.203 e. The molecule has 4 aromatic rings. The molecule has 0 unspecified atom stereocenters. The Kier molecular flexibility index (Phi) is 5.22. The maximum absolute atomic E-state index is 5.50. The van der Waals surface area contributed by atoms with Gasteiger partial charge in [-0.1, -0.05) is 0 Å². The Labute approximate surface area is 174 Å². The van der Waals surface area contributed by atoms with Crippen molar-refractivity contribution in [3.63, 3.8) is 0 Å². The molecule has 0 N–H and O–H groups in total. The topological polar surface area (TPSA) is 83.7 Å². The molecule has 0 amide bonds. The smallest absolute Gasteiger partial charge is 0.203 e. The summed E-state index contributed by atoms with van der Waals surface area (Å²) in [6.45, 7) is 3.91. The average molecular weight is 405 g/mol. The van der Waals surface area contributed by atoms with Crippen molar-refractivity contribution in [1.82, 2.24) is 24.6 Å². The van der Waals surface area contributed by atoms with Crippen molar-refractivity contribution in [3.8, 4) is 28.6 Å². The Hall–Kier alpha value is -3.68. The van der Waals surface area contributed by atoms with E-state index in [9.17, 15) is 0 Å². The quantitative estimate of drug-likeness (QED) is 0.486. The summed E-state index contributed by atoms with van der Waals surface area (Å²) in [5, 5.41) is 4.71. The fourth-order valence-corrected chi connectivity index (χ4v) is 3.59. The van der Waals surface area contributed by atoms with Crippen molar-refractivity contribution in [2.75, 3.05) is 21.3 Å². The second kappa shape index (κ2) is 7.98. The van der Waals surface area contributed by atoms with Gasteiger partial charge in [0.05, 0.1) is 32.7 Å². The third-order valence-electron chi connectivity index (χ3n) is 4.93. The third-order valence-corrected chi connectivity index (χ3v) is 4.93. The van der Waals surface area contributed by atoms with Crippen molar-refractivity contribution in [3.05, 3.63) is 59.4 Å². The van der Waals surface area contributed by atoms with Crippen LogP contribution in [0.5, 0.6) is 17.2 Å². The summed E-state index contributed by atoms with van der Waals surface area (Å²) in [5.41, 5.74) is 4.52. The first-order valence-corrected chi connectivity index (χ1v) is 9.47. The van der Waals surface area contributed by atoms with Gasteiger partial charge in [0.25, 0.3) is 0 Å². The van der Waals surface area contributed by atoms with E-state index in [0.717, 1.165) is 33.9 Å². The highest BCUT2D eigenvalue weighted by Crippen LogP contribution is 2.39. The molecular formula is C22H23N5O3. The number of rotatable bonds is 6. The Morgan fingerprint density at radius 3 is 2.17 bits per heavy atom. The molecule has 154 valence electrons. The van der Waals surface area contributed by atoms with Crippen LogP contribution in [0.1, 0.15) is 22.8 Å². The predicted molar refractivity (Wildman–Crippen MR) is 112 cm³/mol. The van der Waals surface area contributed by atoms with E-state index in [1.54, 1.807) is 33.7 Å². The molecule has 0 aliphatic carbocycles. The standard InChI is InChI=1S/C22H23N5O3/c1-13-20-17(10-15-11-18(28-3)21(30-5)19(12-15)29-4)25-22(16-6-8-23-9-7-16)26-27(20)14(2)24-13/h6-9,11-12H,10H2,1-5H3. The molecule has 3 heterocycles. The van der Waals surface area contributed by atoms with E-state index in [2.05, 4.69) is 9.97 Å². The van der Waals surface area contributed by atoms with Crippen molar-refractivity contribution >= 4 is 5.52 Å². The van der Waals surface area contributed by atoms with Gasteiger partial charge >= 0.3 is 0 Å². The van der Waals surface area contributed by atoms with Crippen LogP contribution in [0.15, 0.2) is 36.7 Å². The van der Waals surface area contributed by atoms with Gasteiger partial charge in [-0.15, -0.1) is 5.10 Å². The second-order valence-electron chi connectivity index (χ2n) is 6.83. The number of pyridine rings is 1. The Balaban J connectivity index is 1.88. The van der Waals surface area contributed by atoms with Gasteiger partial charge in [0, 0.05) is 24.4 Å². The molecule has 8 heteroatoms. The predicted octanol–water partition coefficient (Wildman–Crippen LogP) is 3.42. The lowest BCUT2D eigenvalue weighted by molar-refractivity contribution is 0.324. The van der Waals surface area contributed by atoms with Crippen LogP contribution in [0.25, 0.3) is 16.9 Å². The lowest BCUT2D eigenvalue weighted by Crippen LogP contribution is -2.06. The molecule has 0 fully saturated rings. The summed E-state index contributed by atoms with van der Waals surface area (Å²) >= 11 is 0. The van der Waals surface area contributed by atoms with Gasteiger partial charge in [0.2, 0.25) is 5.75 Å². The van der Waals surface area contributed by atoms with E-state index in [0.29, 0.717) is 29.5 Å². The number of imidazole rings is 1. The lowest BCUT2D eigenvalue weighted by atomic mass is 10.1. The Bertz CT molecular complexity index is 1180. The Morgan fingerprint density at radius 2 is 1.57 bits per heavy atom. The minimum atomic E-state index is 0.548. The van der Waals surface area contributed by atoms with Gasteiger partial charge in [-0.25, -0.2) is 14.5 Å². The van der Waals surface area contributed by atoms with Crippen LogP contribution in [0.4, 0.5) is 0 Å². The molecule has 4 rings (SSSR count). The normalized spacial score (nSPS) is 11.0. The molecule has 0 aliphatic heterocycles. The molecule has 0 saturated carbocycles. The van der Waals surface area contributed by atoms with Gasteiger partial charge in [-0.05, 0) is 43.7 Å². The van der Waals surface area contributed by atoms with Crippen LogP contribution in [0.3, 0.4) is 0 Å². The van der Waals surface area contributed by atoms with Crippen LogP contribution in [0.2, 0.25) is 0 Å². The van der Waals surface area contributed by atoms with Crippen molar-refractivity contribution in [2.24, 2.45) is 0 Å². The molecule has 3 aromatic heterocycles. The number of aromatic nitrogens is 5. The molecule has 0 atom stereocenters. The number of nitrogens with zero attached hydrogens (tertiary/aromatic N) is 5. The molecule has 8 nitrogen and oxygen atoms in total. The Morgan fingerprint density at radius 1 is 0.900 bits per heavy atom.